The lowest BCUT2D eigenvalue weighted by Crippen LogP contribution is -1.96. The number of nitrogens with zero attached hydrogens (tertiary/aromatic N) is 3. The van der Waals surface area contributed by atoms with Crippen LogP contribution in [0.4, 0.5) is 0 Å². The molecule has 3 nitrogen and oxygen atoms in total. The Bertz CT molecular complexity index is 483. The third-order valence-electron chi connectivity index (χ3n) is 2.34. The van der Waals surface area contributed by atoms with Crippen LogP contribution in [-0.4, -0.2) is 9.97 Å². The molecule has 2 aromatic rings. The summed E-state index contributed by atoms with van der Waals surface area (Å²) >= 11 is 0. The van der Waals surface area contributed by atoms with E-state index in [4.69, 9.17) is 5.26 Å². The molecule has 0 atom stereocenters. The molecule has 0 bridgehead atoms. The number of hydrogen-bond acceptors (Lipinski definition) is 3. The minimum atomic E-state index is 0.694. The molecular weight excluding hydrogens is 198 g/mol. The zero-order valence-electron chi connectivity index (χ0n) is 8.80. The molecule has 78 valence electrons. The number of aromatic nitrogens is 2. The Labute approximate surface area is 94.4 Å². The second-order valence-electron chi connectivity index (χ2n) is 3.47. The second kappa shape index (κ2) is 5.04. The van der Waals surface area contributed by atoms with E-state index in [-0.39, 0.29) is 0 Å². The molecule has 0 amide bonds. The van der Waals surface area contributed by atoms with Crippen molar-refractivity contribution in [2.75, 3.05) is 0 Å². The van der Waals surface area contributed by atoms with Crippen molar-refractivity contribution in [3.8, 4) is 6.07 Å². The monoisotopic (exact) mass is 209 g/mol. The summed E-state index contributed by atoms with van der Waals surface area (Å²) in [5.74, 6) is 0.854. The Balaban J connectivity index is 1.98. The zero-order valence-corrected chi connectivity index (χ0v) is 8.80. The summed E-state index contributed by atoms with van der Waals surface area (Å²) in [7, 11) is 0. The number of nitriles is 1. The van der Waals surface area contributed by atoms with Gasteiger partial charge in [0.1, 0.15) is 5.82 Å². The van der Waals surface area contributed by atoms with Crippen molar-refractivity contribution in [1.29, 1.82) is 5.26 Å². The number of rotatable bonds is 3. The molecule has 0 aliphatic carbocycles. The van der Waals surface area contributed by atoms with Gasteiger partial charge in [-0.15, -0.1) is 0 Å². The quantitative estimate of drug-likeness (QED) is 0.778. The Morgan fingerprint density at radius 3 is 2.31 bits per heavy atom. The van der Waals surface area contributed by atoms with Crippen LogP contribution in [0.5, 0.6) is 0 Å². The standard InChI is InChI=1S/C13H11N3/c14-10-12-4-2-11(3-5-12)6-7-13-15-8-1-9-16-13/h1-5,8-9H,6-7H2. The van der Waals surface area contributed by atoms with Gasteiger partial charge in [-0.2, -0.15) is 5.26 Å². The Kier molecular flexibility index (Phi) is 3.25. The van der Waals surface area contributed by atoms with Crippen LogP contribution in [0.1, 0.15) is 17.0 Å². The topological polar surface area (TPSA) is 49.6 Å². The van der Waals surface area contributed by atoms with Gasteiger partial charge in [-0.25, -0.2) is 9.97 Å². The van der Waals surface area contributed by atoms with Gasteiger partial charge in [0.25, 0.3) is 0 Å². The summed E-state index contributed by atoms with van der Waals surface area (Å²) in [5, 5.41) is 8.67. The second-order valence-corrected chi connectivity index (χ2v) is 3.47. The van der Waals surface area contributed by atoms with Gasteiger partial charge in [-0.1, -0.05) is 12.1 Å². The summed E-state index contributed by atoms with van der Waals surface area (Å²) in [5.41, 5.74) is 1.89. The largest absolute Gasteiger partial charge is 0.241 e. The van der Waals surface area contributed by atoms with E-state index >= 15 is 0 Å². The molecule has 0 saturated heterocycles. The molecular formula is C13H11N3. The maximum Gasteiger partial charge on any atom is 0.128 e. The lowest BCUT2D eigenvalue weighted by molar-refractivity contribution is 0.857. The van der Waals surface area contributed by atoms with Gasteiger partial charge < -0.3 is 0 Å². The van der Waals surface area contributed by atoms with Crippen molar-refractivity contribution >= 4 is 0 Å². The molecule has 2 rings (SSSR count). The first kappa shape index (κ1) is 10.3. The number of benzene rings is 1. The molecule has 0 saturated carbocycles. The average molecular weight is 209 g/mol. The molecule has 0 aliphatic rings. The van der Waals surface area contributed by atoms with Gasteiger partial charge in [0.15, 0.2) is 0 Å². The molecule has 1 heterocycles. The molecule has 0 fully saturated rings. The predicted molar refractivity (Wildman–Crippen MR) is 60.6 cm³/mol. The molecule has 3 heteroatoms. The smallest absolute Gasteiger partial charge is 0.128 e. The van der Waals surface area contributed by atoms with Crippen LogP contribution in [0.3, 0.4) is 0 Å². The highest BCUT2D eigenvalue weighted by atomic mass is 14.8. The van der Waals surface area contributed by atoms with Gasteiger partial charge in [0.05, 0.1) is 11.6 Å². The molecule has 0 N–H and O–H groups in total. The lowest BCUT2D eigenvalue weighted by Gasteiger charge is -2.00. The zero-order chi connectivity index (χ0) is 11.2. The van der Waals surface area contributed by atoms with Crippen molar-refractivity contribution in [3.05, 3.63) is 59.7 Å². The molecule has 0 radical (unpaired) electrons. The number of hydrogen-bond donors (Lipinski definition) is 0. The third kappa shape index (κ3) is 2.64. The fourth-order valence-electron chi connectivity index (χ4n) is 1.46. The first-order valence-electron chi connectivity index (χ1n) is 5.13. The summed E-state index contributed by atoms with van der Waals surface area (Å²) < 4.78 is 0. The Hall–Kier alpha value is -2.21. The van der Waals surface area contributed by atoms with Crippen molar-refractivity contribution in [2.24, 2.45) is 0 Å². The van der Waals surface area contributed by atoms with E-state index in [1.54, 1.807) is 12.4 Å². The van der Waals surface area contributed by atoms with Crippen molar-refractivity contribution < 1.29 is 0 Å². The van der Waals surface area contributed by atoms with Crippen LogP contribution in [0.25, 0.3) is 0 Å². The van der Waals surface area contributed by atoms with Crippen molar-refractivity contribution in [2.45, 2.75) is 12.8 Å². The Morgan fingerprint density at radius 1 is 1.00 bits per heavy atom. The fraction of sp³-hybridized carbons (Fsp3) is 0.154. The van der Waals surface area contributed by atoms with E-state index < -0.39 is 0 Å². The SMILES string of the molecule is N#Cc1ccc(CCc2ncccn2)cc1. The summed E-state index contributed by atoms with van der Waals surface area (Å²) in [6.07, 6.45) is 5.23. The lowest BCUT2D eigenvalue weighted by atomic mass is 10.1. The predicted octanol–water partition coefficient (Wildman–Crippen LogP) is 2.13. The van der Waals surface area contributed by atoms with E-state index in [1.165, 1.54) is 5.56 Å². The van der Waals surface area contributed by atoms with Crippen LogP contribution in [-0.2, 0) is 12.8 Å². The highest BCUT2D eigenvalue weighted by Crippen LogP contribution is 2.06. The van der Waals surface area contributed by atoms with E-state index in [9.17, 15) is 0 Å². The maximum absolute atomic E-state index is 8.67. The van der Waals surface area contributed by atoms with E-state index in [2.05, 4.69) is 16.0 Å². The minimum absolute atomic E-state index is 0.694. The normalized spacial score (nSPS) is 9.69. The van der Waals surface area contributed by atoms with E-state index in [1.807, 2.05) is 30.3 Å². The van der Waals surface area contributed by atoms with E-state index in [0.29, 0.717) is 5.56 Å². The van der Waals surface area contributed by atoms with Gasteiger partial charge in [0, 0.05) is 18.8 Å². The average Bonchev–Trinajstić information content (AvgIpc) is 2.38. The highest BCUT2D eigenvalue weighted by molar-refractivity contribution is 5.31. The molecule has 0 aliphatic heterocycles. The first-order chi connectivity index (χ1) is 7.88. The van der Waals surface area contributed by atoms with E-state index in [0.717, 1.165) is 18.7 Å². The molecule has 1 aromatic heterocycles. The molecule has 0 spiro atoms. The fourth-order valence-corrected chi connectivity index (χ4v) is 1.46. The van der Waals surface area contributed by atoms with Crippen LogP contribution in [0.15, 0.2) is 42.7 Å². The van der Waals surface area contributed by atoms with Crippen LogP contribution in [0.2, 0.25) is 0 Å². The third-order valence-corrected chi connectivity index (χ3v) is 2.34. The molecule has 16 heavy (non-hydrogen) atoms. The van der Waals surface area contributed by atoms with Crippen LogP contribution < -0.4 is 0 Å². The number of aryl methyl sites for hydroxylation is 2. The Morgan fingerprint density at radius 2 is 1.69 bits per heavy atom. The van der Waals surface area contributed by atoms with Crippen LogP contribution in [0, 0.1) is 11.3 Å². The van der Waals surface area contributed by atoms with Gasteiger partial charge in [-0.05, 0) is 30.2 Å². The minimum Gasteiger partial charge on any atom is -0.241 e. The van der Waals surface area contributed by atoms with Crippen molar-refractivity contribution in [3.63, 3.8) is 0 Å². The van der Waals surface area contributed by atoms with Gasteiger partial charge >= 0.3 is 0 Å². The summed E-state index contributed by atoms with van der Waals surface area (Å²) in [6.45, 7) is 0. The van der Waals surface area contributed by atoms with Gasteiger partial charge in [0.2, 0.25) is 0 Å². The van der Waals surface area contributed by atoms with Crippen LogP contribution >= 0.6 is 0 Å². The highest BCUT2D eigenvalue weighted by Gasteiger charge is 1.97. The summed E-state index contributed by atoms with van der Waals surface area (Å²) in [6, 6.07) is 11.5. The molecule has 1 aromatic carbocycles. The maximum atomic E-state index is 8.67. The first-order valence-corrected chi connectivity index (χ1v) is 5.13. The van der Waals surface area contributed by atoms with Crippen molar-refractivity contribution in [1.82, 2.24) is 9.97 Å². The molecule has 0 unspecified atom stereocenters. The summed E-state index contributed by atoms with van der Waals surface area (Å²) in [4.78, 5) is 8.33. The van der Waals surface area contributed by atoms with Gasteiger partial charge in [-0.3, -0.25) is 0 Å².